The highest BCUT2D eigenvalue weighted by Crippen LogP contribution is 2.12. The van der Waals surface area contributed by atoms with Gasteiger partial charge < -0.3 is 4.74 Å². The van der Waals surface area contributed by atoms with Gasteiger partial charge in [0, 0.05) is 6.42 Å². The van der Waals surface area contributed by atoms with Gasteiger partial charge in [-0.2, -0.15) is 0 Å². The van der Waals surface area contributed by atoms with Crippen LogP contribution < -0.4 is 5.32 Å². The maximum Gasteiger partial charge on any atom is 0.307 e. The zero-order valence-electron chi connectivity index (χ0n) is 16.6. The summed E-state index contributed by atoms with van der Waals surface area (Å²) in [6.07, 6.45) is 24.1. The topological polar surface area (TPSA) is 38.3 Å². The number of carbonyl (C=O) groups excluding carboxylic acids is 1. The zero-order valence-corrected chi connectivity index (χ0v) is 16.6. The van der Waals surface area contributed by atoms with E-state index in [-0.39, 0.29) is 12.2 Å². The van der Waals surface area contributed by atoms with Crippen LogP contribution in [-0.2, 0) is 9.53 Å². The Kier molecular flexibility index (Phi) is 14.8. The molecule has 25 heavy (non-hydrogen) atoms. The summed E-state index contributed by atoms with van der Waals surface area (Å²) in [6, 6.07) is 0. The Bertz CT molecular complexity index is 335. The Labute approximate surface area is 156 Å². The number of carbonyl (C=O) groups is 1. The average molecular weight is 352 g/mol. The molecule has 0 bridgehead atoms. The van der Waals surface area contributed by atoms with Crippen molar-refractivity contribution >= 4 is 5.97 Å². The van der Waals surface area contributed by atoms with Crippen LogP contribution in [0.2, 0.25) is 0 Å². The third kappa shape index (κ3) is 14.1. The number of rotatable bonds is 16. The van der Waals surface area contributed by atoms with E-state index in [0.29, 0.717) is 6.42 Å². The Morgan fingerprint density at radius 1 is 0.920 bits per heavy atom. The number of nitrogens with one attached hydrogen (secondary N) is 1. The minimum Gasteiger partial charge on any atom is -0.447 e. The lowest BCUT2D eigenvalue weighted by atomic mass is 10.1. The fourth-order valence-electron chi connectivity index (χ4n) is 3.31. The van der Waals surface area contributed by atoms with E-state index < -0.39 is 0 Å². The van der Waals surface area contributed by atoms with Crippen LogP contribution in [0.25, 0.3) is 0 Å². The van der Waals surface area contributed by atoms with Crippen molar-refractivity contribution < 1.29 is 9.53 Å². The third-order valence-corrected chi connectivity index (χ3v) is 4.93. The van der Waals surface area contributed by atoms with Gasteiger partial charge in [0.25, 0.3) is 0 Å². The number of allylic oxidation sites excluding steroid dienone is 2. The number of ether oxygens (including phenoxy) is 1. The molecule has 1 rings (SSSR count). The Morgan fingerprint density at radius 3 is 2.12 bits per heavy atom. The third-order valence-electron chi connectivity index (χ3n) is 4.93. The molecule has 1 saturated heterocycles. The number of hydrogen-bond acceptors (Lipinski definition) is 3. The summed E-state index contributed by atoms with van der Waals surface area (Å²) in [5, 5.41) is 3.19. The van der Waals surface area contributed by atoms with Gasteiger partial charge in [0.05, 0.1) is 0 Å². The van der Waals surface area contributed by atoms with Gasteiger partial charge in [0.15, 0.2) is 6.23 Å². The first-order valence-electron chi connectivity index (χ1n) is 10.9. The largest absolute Gasteiger partial charge is 0.447 e. The zero-order chi connectivity index (χ0) is 18.0. The van der Waals surface area contributed by atoms with Gasteiger partial charge in [-0.05, 0) is 51.5 Å². The molecule has 3 nitrogen and oxygen atoms in total. The van der Waals surface area contributed by atoms with E-state index in [1.54, 1.807) is 0 Å². The minimum absolute atomic E-state index is 0.0179. The molecule has 0 aromatic heterocycles. The van der Waals surface area contributed by atoms with Gasteiger partial charge in [-0.3, -0.25) is 10.1 Å². The quantitative estimate of drug-likeness (QED) is 0.202. The van der Waals surface area contributed by atoms with E-state index in [1.807, 2.05) is 0 Å². The molecule has 1 aliphatic heterocycles. The van der Waals surface area contributed by atoms with E-state index in [2.05, 4.69) is 24.4 Å². The molecule has 0 aromatic carbocycles. The highest BCUT2D eigenvalue weighted by atomic mass is 16.6. The van der Waals surface area contributed by atoms with Crippen molar-refractivity contribution in [3.8, 4) is 0 Å². The van der Waals surface area contributed by atoms with Crippen LogP contribution in [0.4, 0.5) is 0 Å². The molecule has 1 heterocycles. The van der Waals surface area contributed by atoms with E-state index in [9.17, 15) is 4.79 Å². The Hall–Kier alpha value is -0.830. The predicted octanol–water partition coefficient (Wildman–Crippen LogP) is 6.28. The van der Waals surface area contributed by atoms with Crippen molar-refractivity contribution in [2.24, 2.45) is 0 Å². The first kappa shape index (κ1) is 22.2. The highest BCUT2D eigenvalue weighted by Gasteiger charge is 2.17. The molecule has 146 valence electrons. The van der Waals surface area contributed by atoms with E-state index in [0.717, 1.165) is 32.2 Å². The summed E-state index contributed by atoms with van der Waals surface area (Å²) >= 11 is 0. The summed E-state index contributed by atoms with van der Waals surface area (Å²) in [6.45, 7) is 3.25. The van der Waals surface area contributed by atoms with Crippen LogP contribution in [0.1, 0.15) is 110 Å². The molecule has 1 atom stereocenters. The van der Waals surface area contributed by atoms with Crippen LogP contribution in [0.15, 0.2) is 12.2 Å². The smallest absolute Gasteiger partial charge is 0.307 e. The lowest BCUT2D eigenvalue weighted by molar-refractivity contribution is -0.149. The van der Waals surface area contributed by atoms with E-state index in [4.69, 9.17) is 4.74 Å². The van der Waals surface area contributed by atoms with E-state index in [1.165, 1.54) is 70.6 Å². The van der Waals surface area contributed by atoms with Crippen LogP contribution in [-0.4, -0.2) is 18.7 Å². The molecule has 0 saturated carbocycles. The van der Waals surface area contributed by atoms with Gasteiger partial charge in [0.1, 0.15) is 0 Å². The van der Waals surface area contributed by atoms with Gasteiger partial charge in [-0.15, -0.1) is 0 Å². The van der Waals surface area contributed by atoms with Crippen molar-refractivity contribution in [3.05, 3.63) is 12.2 Å². The molecule has 1 N–H and O–H groups in total. The van der Waals surface area contributed by atoms with Crippen LogP contribution in [0, 0.1) is 0 Å². The summed E-state index contributed by atoms with van der Waals surface area (Å²) in [5.74, 6) is -0.0305. The summed E-state index contributed by atoms with van der Waals surface area (Å²) in [4.78, 5) is 11.7. The number of esters is 1. The fraction of sp³-hybridized carbons (Fsp3) is 0.864. The van der Waals surface area contributed by atoms with E-state index >= 15 is 0 Å². The second-order valence-electron chi connectivity index (χ2n) is 7.41. The van der Waals surface area contributed by atoms with Gasteiger partial charge in [-0.25, -0.2) is 0 Å². The molecular weight excluding hydrogens is 310 g/mol. The molecule has 1 unspecified atom stereocenters. The Morgan fingerprint density at radius 2 is 1.52 bits per heavy atom. The standard InChI is InChI=1S/C22H41NO2/c1-2-3-4-5-6-7-8-9-10-11-12-13-14-15-16-19-22(24)25-21-18-17-20-23-21/h9-10,21,23H,2-8,11-20H2,1H3. The summed E-state index contributed by atoms with van der Waals surface area (Å²) < 4.78 is 5.37. The first-order chi connectivity index (χ1) is 12.3. The van der Waals surface area contributed by atoms with Crippen molar-refractivity contribution in [2.45, 2.75) is 116 Å². The summed E-state index contributed by atoms with van der Waals surface area (Å²) in [5.41, 5.74) is 0. The summed E-state index contributed by atoms with van der Waals surface area (Å²) in [7, 11) is 0. The predicted molar refractivity (Wildman–Crippen MR) is 107 cm³/mol. The monoisotopic (exact) mass is 351 g/mol. The normalized spacial score (nSPS) is 17.4. The highest BCUT2D eigenvalue weighted by molar-refractivity contribution is 5.69. The van der Waals surface area contributed by atoms with Gasteiger partial charge >= 0.3 is 5.97 Å². The SMILES string of the molecule is CCCCCCCCC=CCCCCCCCC(=O)OC1CCCN1. The van der Waals surface area contributed by atoms with Crippen molar-refractivity contribution in [1.29, 1.82) is 0 Å². The van der Waals surface area contributed by atoms with Crippen LogP contribution in [0.5, 0.6) is 0 Å². The molecular formula is C22H41NO2. The Balaban J connectivity index is 1.76. The molecule has 0 spiro atoms. The second-order valence-corrected chi connectivity index (χ2v) is 7.41. The maximum atomic E-state index is 11.7. The van der Waals surface area contributed by atoms with Gasteiger partial charge in [-0.1, -0.05) is 70.4 Å². The molecule has 1 aliphatic rings. The molecule has 0 aliphatic carbocycles. The van der Waals surface area contributed by atoms with Gasteiger partial charge in [0.2, 0.25) is 0 Å². The molecule has 1 fully saturated rings. The second kappa shape index (κ2) is 16.6. The fourth-order valence-corrected chi connectivity index (χ4v) is 3.31. The van der Waals surface area contributed by atoms with Crippen LogP contribution >= 0.6 is 0 Å². The lowest BCUT2D eigenvalue weighted by Crippen LogP contribution is -2.27. The van der Waals surface area contributed by atoms with Crippen LogP contribution in [0.3, 0.4) is 0 Å². The first-order valence-corrected chi connectivity index (χ1v) is 10.9. The van der Waals surface area contributed by atoms with Crippen molar-refractivity contribution in [3.63, 3.8) is 0 Å². The molecule has 3 heteroatoms. The average Bonchev–Trinajstić information content (AvgIpc) is 3.11. The molecule has 0 radical (unpaired) electrons. The lowest BCUT2D eigenvalue weighted by Gasteiger charge is -2.11. The minimum atomic E-state index is -0.0305. The number of unbranched alkanes of at least 4 members (excludes halogenated alkanes) is 11. The number of hydrogen-bond donors (Lipinski definition) is 1. The maximum absolute atomic E-state index is 11.7. The molecule has 0 amide bonds. The van der Waals surface area contributed by atoms with Crippen molar-refractivity contribution in [2.75, 3.05) is 6.54 Å². The van der Waals surface area contributed by atoms with Crippen molar-refractivity contribution in [1.82, 2.24) is 5.32 Å². The molecule has 0 aromatic rings.